The fraction of sp³-hybridized carbons (Fsp3) is 0.355. The van der Waals surface area contributed by atoms with E-state index in [-0.39, 0.29) is 24.0 Å². The van der Waals surface area contributed by atoms with E-state index in [4.69, 9.17) is 4.98 Å². The van der Waals surface area contributed by atoms with Crippen LogP contribution in [0, 0.1) is 0 Å². The molecule has 2 saturated heterocycles. The Balaban J connectivity index is 1.26. The Hall–Kier alpha value is -3.84. The Labute approximate surface area is 224 Å². The van der Waals surface area contributed by atoms with Crippen molar-refractivity contribution in [2.75, 3.05) is 39.3 Å². The molecule has 0 atom stereocenters. The van der Waals surface area contributed by atoms with Crippen molar-refractivity contribution >= 4 is 17.6 Å². The lowest BCUT2D eigenvalue weighted by atomic mass is 10.0. The first-order valence-electron chi connectivity index (χ1n) is 13.5. The minimum absolute atomic E-state index is 0.0277. The maximum atomic E-state index is 13.7. The van der Waals surface area contributed by atoms with Gasteiger partial charge in [-0.2, -0.15) is 0 Å². The molecule has 0 spiro atoms. The number of rotatable bonds is 6. The number of piperidine rings is 1. The summed E-state index contributed by atoms with van der Waals surface area (Å²) < 4.78 is 0. The molecule has 2 amide bonds. The largest absolute Gasteiger partial charge is 0.336 e. The lowest BCUT2D eigenvalue weighted by Crippen LogP contribution is -2.55. The number of ketones is 1. The average molecular weight is 511 g/mol. The van der Waals surface area contributed by atoms with Gasteiger partial charge in [-0.3, -0.25) is 19.3 Å². The van der Waals surface area contributed by atoms with E-state index in [0.29, 0.717) is 37.8 Å². The number of carbonyl (C=O) groups excluding carboxylic acids is 3. The van der Waals surface area contributed by atoms with E-state index in [1.165, 1.54) is 0 Å². The lowest BCUT2D eigenvalue weighted by Gasteiger charge is -2.42. The van der Waals surface area contributed by atoms with E-state index < -0.39 is 0 Å². The summed E-state index contributed by atoms with van der Waals surface area (Å²) >= 11 is 0. The number of benzene rings is 2. The van der Waals surface area contributed by atoms with Crippen LogP contribution in [-0.4, -0.2) is 82.6 Å². The highest BCUT2D eigenvalue weighted by Gasteiger charge is 2.31. The number of Topliss-reactive ketones (excluding diaryl/α,β-unsaturated/α-hetero) is 1. The van der Waals surface area contributed by atoms with Gasteiger partial charge in [-0.15, -0.1) is 0 Å². The standard InChI is InChI=1S/C31H34N4O3/c1-2-29(36)31(38)34-15-13-26(14-16-34)33-17-19-35(20-18-33)30(37)25-21-27(23-9-5-3-6-10-23)32-28(22-25)24-11-7-4-8-12-24/h3-12,21-22,26H,2,13-20H2,1H3. The number of pyridine rings is 1. The van der Waals surface area contributed by atoms with Crippen molar-refractivity contribution in [3.63, 3.8) is 0 Å². The van der Waals surface area contributed by atoms with Gasteiger partial charge in [0.1, 0.15) is 0 Å². The van der Waals surface area contributed by atoms with Crippen LogP contribution >= 0.6 is 0 Å². The molecular weight excluding hydrogens is 476 g/mol. The number of hydrogen-bond donors (Lipinski definition) is 0. The molecule has 196 valence electrons. The van der Waals surface area contributed by atoms with Gasteiger partial charge in [0.25, 0.3) is 11.8 Å². The molecule has 2 aromatic carbocycles. The molecule has 2 fully saturated rings. The Morgan fingerprint density at radius 2 is 1.26 bits per heavy atom. The van der Waals surface area contributed by atoms with Crippen molar-refractivity contribution in [3.05, 3.63) is 78.4 Å². The Bertz CT molecular complexity index is 1220. The fourth-order valence-electron chi connectivity index (χ4n) is 5.40. The maximum Gasteiger partial charge on any atom is 0.289 e. The second kappa shape index (κ2) is 11.7. The van der Waals surface area contributed by atoms with Gasteiger partial charge < -0.3 is 9.80 Å². The normalized spacial score (nSPS) is 16.9. The third-order valence-corrected chi connectivity index (χ3v) is 7.64. The molecule has 0 radical (unpaired) electrons. The van der Waals surface area contributed by atoms with Crippen molar-refractivity contribution in [1.82, 2.24) is 19.7 Å². The van der Waals surface area contributed by atoms with Crippen LogP contribution in [-0.2, 0) is 9.59 Å². The van der Waals surface area contributed by atoms with Crippen molar-refractivity contribution in [1.29, 1.82) is 0 Å². The lowest BCUT2D eigenvalue weighted by molar-refractivity contribution is -0.145. The number of likely N-dealkylation sites (tertiary alicyclic amines) is 1. The highest BCUT2D eigenvalue weighted by Crippen LogP contribution is 2.26. The molecule has 3 aromatic rings. The highest BCUT2D eigenvalue weighted by atomic mass is 16.2. The van der Waals surface area contributed by atoms with E-state index >= 15 is 0 Å². The first-order chi connectivity index (χ1) is 18.5. The molecule has 2 aliphatic rings. The first kappa shape index (κ1) is 25.8. The van der Waals surface area contributed by atoms with E-state index in [9.17, 15) is 14.4 Å². The summed E-state index contributed by atoms with van der Waals surface area (Å²) in [4.78, 5) is 48.6. The van der Waals surface area contributed by atoms with Crippen LogP contribution in [0.3, 0.4) is 0 Å². The number of hydrogen-bond acceptors (Lipinski definition) is 5. The summed E-state index contributed by atoms with van der Waals surface area (Å²) in [7, 11) is 0. The molecule has 0 saturated carbocycles. The van der Waals surface area contributed by atoms with Gasteiger partial charge in [-0.05, 0) is 25.0 Å². The van der Waals surface area contributed by atoms with Crippen molar-refractivity contribution < 1.29 is 14.4 Å². The molecule has 7 heteroatoms. The van der Waals surface area contributed by atoms with Gasteiger partial charge >= 0.3 is 0 Å². The van der Waals surface area contributed by atoms with Gasteiger partial charge in [0.2, 0.25) is 5.78 Å². The van der Waals surface area contributed by atoms with Gasteiger partial charge in [0.15, 0.2) is 0 Å². The molecule has 2 aliphatic heterocycles. The summed E-state index contributed by atoms with van der Waals surface area (Å²) in [6.45, 7) is 5.91. The minimum atomic E-state index is -0.344. The van der Waals surface area contributed by atoms with Crippen LogP contribution in [0.5, 0.6) is 0 Å². The molecule has 7 nitrogen and oxygen atoms in total. The number of aromatic nitrogens is 1. The zero-order chi connectivity index (χ0) is 26.5. The van der Waals surface area contributed by atoms with E-state index in [2.05, 4.69) is 4.90 Å². The van der Waals surface area contributed by atoms with Crippen LogP contribution in [0.1, 0.15) is 36.5 Å². The second-order valence-corrected chi connectivity index (χ2v) is 9.99. The van der Waals surface area contributed by atoms with Gasteiger partial charge in [0.05, 0.1) is 11.4 Å². The molecule has 5 rings (SSSR count). The first-order valence-corrected chi connectivity index (χ1v) is 13.5. The third kappa shape index (κ3) is 5.68. The fourth-order valence-corrected chi connectivity index (χ4v) is 5.40. The molecule has 0 N–H and O–H groups in total. The Kier molecular flexibility index (Phi) is 7.94. The number of carbonyl (C=O) groups is 3. The van der Waals surface area contributed by atoms with Crippen LogP contribution in [0.4, 0.5) is 0 Å². The summed E-state index contributed by atoms with van der Waals surface area (Å²) in [5.41, 5.74) is 4.19. The number of piperazine rings is 1. The molecule has 1 aromatic heterocycles. The van der Waals surface area contributed by atoms with Crippen LogP contribution in [0.2, 0.25) is 0 Å². The van der Waals surface area contributed by atoms with Crippen LogP contribution in [0.15, 0.2) is 72.8 Å². The second-order valence-electron chi connectivity index (χ2n) is 9.99. The van der Waals surface area contributed by atoms with Crippen molar-refractivity contribution in [3.8, 4) is 22.5 Å². The van der Waals surface area contributed by atoms with Gasteiger partial charge in [0, 0.05) is 68.4 Å². The van der Waals surface area contributed by atoms with Crippen LogP contribution < -0.4 is 0 Å². The van der Waals surface area contributed by atoms with Crippen molar-refractivity contribution in [2.45, 2.75) is 32.2 Å². The predicted molar refractivity (Wildman–Crippen MR) is 147 cm³/mol. The quantitative estimate of drug-likeness (QED) is 0.466. The molecule has 3 heterocycles. The topological polar surface area (TPSA) is 73.8 Å². The summed E-state index contributed by atoms with van der Waals surface area (Å²) in [5.74, 6) is -0.624. The Morgan fingerprint density at radius 1 is 0.737 bits per heavy atom. The minimum Gasteiger partial charge on any atom is -0.336 e. The zero-order valence-electron chi connectivity index (χ0n) is 21.9. The summed E-state index contributed by atoms with van der Waals surface area (Å²) in [5, 5.41) is 0. The highest BCUT2D eigenvalue weighted by molar-refractivity contribution is 6.35. The molecular formula is C31H34N4O3. The van der Waals surface area contributed by atoms with E-state index in [1.807, 2.05) is 77.7 Å². The molecule has 38 heavy (non-hydrogen) atoms. The number of nitrogens with zero attached hydrogens (tertiary/aromatic N) is 4. The smallest absolute Gasteiger partial charge is 0.289 e. The van der Waals surface area contributed by atoms with Gasteiger partial charge in [-0.25, -0.2) is 4.98 Å². The zero-order valence-corrected chi connectivity index (χ0v) is 21.9. The number of amides is 2. The molecule has 0 unspecified atom stereocenters. The third-order valence-electron chi connectivity index (χ3n) is 7.64. The predicted octanol–water partition coefficient (Wildman–Crippen LogP) is 4.14. The Morgan fingerprint density at radius 3 is 1.76 bits per heavy atom. The average Bonchev–Trinajstić information content (AvgIpc) is 3.00. The molecule has 0 aliphatic carbocycles. The SMILES string of the molecule is CCC(=O)C(=O)N1CCC(N2CCN(C(=O)c3cc(-c4ccccc4)nc(-c4ccccc4)c3)CC2)CC1. The van der Waals surface area contributed by atoms with Crippen molar-refractivity contribution in [2.24, 2.45) is 0 Å². The summed E-state index contributed by atoms with van der Waals surface area (Å²) in [6.07, 6.45) is 1.98. The monoisotopic (exact) mass is 510 g/mol. The van der Waals surface area contributed by atoms with E-state index in [0.717, 1.165) is 48.4 Å². The molecule has 0 bridgehead atoms. The van der Waals surface area contributed by atoms with E-state index in [1.54, 1.807) is 11.8 Å². The summed E-state index contributed by atoms with van der Waals surface area (Å²) in [6, 6.07) is 24.1. The van der Waals surface area contributed by atoms with Gasteiger partial charge in [-0.1, -0.05) is 67.6 Å². The maximum absolute atomic E-state index is 13.7. The van der Waals surface area contributed by atoms with Crippen LogP contribution in [0.25, 0.3) is 22.5 Å².